The van der Waals surface area contributed by atoms with E-state index >= 15 is 0 Å². The summed E-state index contributed by atoms with van der Waals surface area (Å²) in [6.07, 6.45) is 1.75. The van der Waals surface area contributed by atoms with Gasteiger partial charge >= 0.3 is 0 Å². The fourth-order valence-corrected chi connectivity index (χ4v) is 2.68. The molecular formula is C23H25FN4O. The zero-order chi connectivity index (χ0) is 20.5. The van der Waals surface area contributed by atoms with Crippen molar-refractivity contribution in [1.29, 1.82) is 0 Å². The SMILES string of the molecule is CN=C(NCc1ccc(OCc2ccccn2)cc1)NCc1ccc(C)c(F)c1. The molecule has 6 heteroatoms. The Hall–Kier alpha value is -3.41. The van der Waals surface area contributed by atoms with Crippen molar-refractivity contribution in [2.24, 2.45) is 4.99 Å². The second kappa shape index (κ2) is 10.2. The second-order valence-electron chi connectivity index (χ2n) is 6.62. The molecule has 0 aliphatic carbocycles. The van der Waals surface area contributed by atoms with Gasteiger partial charge in [-0.05, 0) is 53.9 Å². The Morgan fingerprint density at radius 2 is 1.72 bits per heavy atom. The van der Waals surface area contributed by atoms with Gasteiger partial charge in [0, 0.05) is 26.3 Å². The molecule has 0 bridgehead atoms. The summed E-state index contributed by atoms with van der Waals surface area (Å²) in [6.45, 7) is 3.30. The van der Waals surface area contributed by atoms with Gasteiger partial charge < -0.3 is 15.4 Å². The summed E-state index contributed by atoms with van der Waals surface area (Å²) < 4.78 is 19.4. The Labute approximate surface area is 170 Å². The van der Waals surface area contributed by atoms with Crippen molar-refractivity contribution in [2.45, 2.75) is 26.6 Å². The molecule has 0 radical (unpaired) electrons. The molecule has 1 aromatic heterocycles. The number of nitrogens with zero attached hydrogens (tertiary/aromatic N) is 2. The number of aliphatic imine (C=N–C) groups is 1. The quantitative estimate of drug-likeness (QED) is 0.472. The van der Waals surface area contributed by atoms with Gasteiger partial charge in [0.1, 0.15) is 18.2 Å². The van der Waals surface area contributed by atoms with E-state index in [4.69, 9.17) is 4.74 Å². The predicted octanol–water partition coefficient (Wildman–Crippen LogP) is 3.97. The number of aromatic nitrogens is 1. The highest BCUT2D eigenvalue weighted by Crippen LogP contribution is 2.14. The first-order valence-electron chi connectivity index (χ1n) is 9.45. The van der Waals surface area contributed by atoms with Crippen molar-refractivity contribution >= 4 is 5.96 Å². The largest absolute Gasteiger partial charge is 0.487 e. The van der Waals surface area contributed by atoms with Crippen LogP contribution in [0.4, 0.5) is 4.39 Å². The normalized spacial score (nSPS) is 11.2. The molecule has 150 valence electrons. The van der Waals surface area contributed by atoms with E-state index in [0.717, 1.165) is 22.6 Å². The van der Waals surface area contributed by atoms with Gasteiger partial charge in [0.25, 0.3) is 0 Å². The number of nitrogens with one attached hydrogen (secondary N) is 2. The van der Waals surface area contributed by atoms with E-state index in [1.165, 1.54) is 0 Å². The minimum absolute atomic E-state index is 0.197. The van der Waals surface area contributed by atoms with Gasteiger partial charge in [-0.1, -0.05) is 30.3 Å². The first kappa shape index (κ1) is 20.3. The van der Waals surface area contributed by atoms with Gasteiger partial charge in [-0.25, -0.2) is 4.39 Å². The molecule has 29 heavy (non-hydrogen) atoms. The lowest BCUT2D eigenvalue weighted by Gasteiger charge is -2.13. The summed E-state index contributed by atoms with van der Waals surface area (Å²) in [6, 6.07) is 18.9. The van der Waals surface area contributed by atoms with Gasteiger partial charge in [0.05, 0.1) is 5.69 Å². The van der Waals surface area contributed by atoms with E-state index in [1.54, 1.807) is 32.3 Å². The van der Waals surface area contributed by atoms with Crippen LogP contribution in [0.1, 0.15) is 22.4 Å². The molecule has 1 heterocycles. The topological polar surface area (TPSA) is 58.5 Å². The lowest BCUT2D eigenvalue weighted by atomic mass is 10.1. The number of rotatable bonds is 7. The minimum atomic E-state index is -0.197. The van der Waals surface area contributed by atoms with Crippen LogP contribution in [0.2, 0.25) is 0 Å². The summed E-state index contributed by atoms with van der Waals surface area (Å²) >= 11 is 0. The molecule has 3 rings (SSSR count). The zero-order valence-corrected chi connectivity index (χ0v) is 16.7. The third-order valence-electron chi connectivity index (χ3n) is 4.42. The van der Waals surface area contributed by atoms with E-state index in [1.807, 2.05) is 48.5 Å². The Balaban J connectivity index is 1.46. The highest BCUT2D eigenvalue weighted by molar-refractivity contribution is 5.79. The van der Waals surface area contributed by atoms with Crippen LogP contribution < -0.4 is 15.4 Å². The molecule has 5 nitrogen and oxygen atoms in total. The Kier molecular flexibility index (Phi) is 7.16. The van der Waals surface area contributed by atoms with Crippen LogP contribution in [0.25, 0.3) is 0 Å². The van der Waals surface area contributed by atoms with Crippen molar-refractivity contribution < 1.29 is 9.13 Å². The Bertz CT molecular complexity index is 943. The summed E-state index contributed by atoms with van der Waals surface area (Å²) in [4.78, 5) is 8.45. The molecule has 0 spiro atoms. The monoisotopic (exact) mass is 392 g/mol. The van der Waals surface area contributed by atoms with E-state index in [2.05, 4.69) is 20.6 Å². The molecule has 0 amide bonds. The van der Waals surface area contributed by atoms with Crippen molar-refractivity contribution in [2.75, 3.05) is 7.05 Å². The molecular weight excluding hydrogens is 367 g/mol. The van der Waals surface area contributed by atoms with Crippen molar-refractivity contribution in [3.63, 3.8) is 0 Å². The van der Waals surface area contributed by atoms with Crippen LogP contribution >= 0.6 is 0 Å². The van der Waals surface area contributed by atoms with Crippen LogP contribution in [0.15, 0.2) is 71.9 Å². The number of aryl methyl sites for hydroxylation is 1. The minimum Gasteiger partial charge on any atom is -0.487 e. The predicted molar refractivity (Wildman–Crippen MR) is 113 cm³/mol. The van der Waals surface area contributed by atoms with Crippen LogP contribution in [0.3, 0.4) is 0 Å². The molecule has 0 fully saturated rings. The van der Waals surface area contributed by atoms with Gasteiger partial charge in [-0.15, -0.1) is 0 Å². The van der Waals surface area contributed by atoms with E-state index in [-0.39, 0.29) is 5.82 Å². The molecule has 0 atom stereocenters. The summed E-state index contributed by atoms with van der Waals surface area (Å²) in [7, 11) is 1.71. The number of halogens is 1. The highest BCUT2D eigenvalue weighted by Gasteiger charge is 2.03. The average Bonchev–Trinajstić information content (AvgIpc) is 2.76. The molecule has 3 aromatic rings. The molecule has 0 unspecified atom stereocenters. The molecule has 0 aliphatic heterocycles. The number of guanidine groups is 1. The maximum Gasteiger partial charge on any atom is 0.191 e. The van der Waals surface area contributed by atoms with Crippen LogP contribution in [-0.2, 0) is 19.7 Å². The maximum atomic E-state index is 13.7. The number of hydrogen-bond acceptors (Lipinski definition) is 3. The van der Waals surface area contributed by atoms with E-state index in [0.29, 0.717) is 31.2 Å². The third kappa shape index (κ3) is 6.31. The van der Waals surface area contributed by atoms with Crippen molar-refractivity contribution in [1.82, 2.24) is 15.6 Å². The number of ether oxygens (including phenoxy) is 1. The van der Waals surface area contributed by atoms with Crippen molar-refractivity contribution in [3.05, 3.63) is 95.1 Å². The summed E-state index contributed by atoms with van der Waals surface area (Å²) in [5.74, 6) is 1.25. The molecule has 2 aromatic carbocycles. The molecule has 0 saturated carbocycles. The fourth-order valence-electron chi connectivity index (χ4n) is 2.68. The standard InChI is InChI=1S/C23H25FN4O/c1-17-6-7-19(13-22(17)24)15-28-23(25-2)27-14-18-8-10-21(11-9-18)29-16-20-5-3-4-12-26-20/h3-13H,14-16H2,1-2H3,(H2,25,27,28). The first-order valence-corrected chi connectivity index (χ1v) is 9.45. The van der Waals surface area contributed by atoms with Crippen molar-refractivity contribution in [3.8, 4) is 5.75 Å². The summed E-state index contributed by atoms with van der Waals surface area (Å²) in [5.41, 5.74) is 3.50. The number of benzene rings is 2. The highest BCUT2D eigenvalue weighted by atomic mass is 19.1. The summed E-state index contributed by atoms with van der Waals surface area (Å²) in [5, 5.41) is 6.45. The van der Waals surface area contributed by atoms with Crippen LogP contribution in [0, 0.1) is 12.7 Å². The Morgan fingerprint density at radius 1 is 1.00 bits per heavy atom. The first-order chi connectivity index (χ1) is 14.1. The zero-order valence-electron chi connectivity index (χ0n) is 16.7. The maximum absolute atomic E-state index is 13.7. The second-order valence-corrected chi connectivity index (χ2v) is 6.62. The van der Waals surface area contributed by atoms with E-state index in [9.17, 15) is 4.39 Å². The lowest BCUT2D eigenvalue weighted by Crippen LogP contribution is -2.36. The fraction of sp³-hybridized carbons (Fsp3) is 0.217. The molecule has 0 saturated heterocycles. The number of pyridine rings is 1. The van der Waals surface area contributed by atoms with Crippen LogP contribution in [-0.4, -0.2) is 18.0 Å². The number of hydrogen-bond donors (Lipinski definition) is 2. The average molecular weight is 392 g/mol. The van der Waals surface area contributed by atoms with E-state index < -0.39 is 0 Å². The smallest absolute Gasteiger partial charge is 0.191 e. The third-order valence-corrected chi connectivity index (χ3v) is 4.42. The van der Waals surface area contributed by atoms with Gasteiger partial charge in [-0.2, -0.15) is 0 Å². The van der Waals surface area contributed by atoms with Gasteiger partial charge in [0.15, 0.2) is 5.96 Å². The molecule has 0 aliphatic rings. The Morgan fingerprint density at radius 3 is 2.38 bits per heavy atom. The van der Waals surface area contributed by atoms with Gasteiger partial charge in [0.2, 0.25) is 0 Å². The van der Waals surface area contributed by atoms with Crippen LogP contribution in [0.5, 0.6) is 5.75 Å². The van der Waals surface area contributed by atoms with Gasteiger partial charge in [-0.3, -0.25) is 9.98 Å². The lowest BCUT2D eigenvalue weighted by molar-refractivity contribution is 0.301. The molecule has 2 N–H and O–H groups in total.